The summed E-state index contributed by atoms with van der Waals surface area (Å²) in [5.74, 6) is -1.16. The quantitative estimate of drug-likeness (QED) is 0.555. The molecule has 1 aromatic rings. The van der Waals surface area contributed by atoms with Crippen LogP contribution in [0.5, 0.6) is 0 Å². The monoisotopic (exact) mass is 349 g/mol. The molecule has 0 radical (unpaired) electrons. The second-order valence-electron chi connectivity index (χ2n) is 6.03. The van der Waals surface area contributed by atoms with Crippen molar-refractivity contribution in [2.45, 2.75) is 38.6 Å². The molecule has 0 aromatic heterocycles. The smallest absolute Gasteiger partial charge is 0.422 e. The van der Waals surface area contributed by atoms with Crippen molar-refractivity contribution in [3.63, 3.8) is 0 Å². The Kier molecular flexibility index (Phi) is 6.17. The van der Waals surface area contributed by atoms with Gasteiger partial charge < -0.3 is 14.2 Å². The standard InChI is InChI=1S/C18H23NO6/c1-13-10-11-16(20)19(13)25-17(21)24-15(12-23-18(2,3)22-4)14-8-6-5-7-9-14/h5-9,15H,1,10-12H2,2-4H3/t15-/m1/s1. The molecule has 0 aliphatic carbocycles. The Morgan fingerprint density at radius 1 is 1.28 bits per heavy atom. The van der Waals surface area contributed by atoms with E-state index < -0.39 is 18.0 Å². The molecule has 1 heterocycles. The van der Waals surface area contributed by atoms with Crippen LogP contribution in [0.25, 0.3) is 0 Å². The van der Waals surface area contributed by atoms with Gasteiger partial charge in [0, 0.05) is 13.5 Å². The molecule has 0 bridgehead atoms. The van der Waals surface area contributed by atoms with E-state index >= 15 is 0 Å². The Morgan fingerprint density at radius 3 is 2.52 bits per heavy atom. The van der Waals surface area contributed by atoms with E-state index in [1.54, 1.807) is 26.0 Å². The van der Waals surface area contributed by atoms with E-state index in [2.05, 4.69) is 6.58 Å². The van der Waals surface area contributed by atoms with Gasteiger partial charge >= 0.3 is 6.16 Å². The van der Waals surface area contributed by atoms with Crippen LogP contribution in [0.1, 0.15) is 38.4 Å². The summed E-state index contributed by atoms with van der Waals surface area (Å²) in [4.78, 5) is 28.7. The molecule has 1 atom stereocenters. The third kappa shape index (κ3) is 5.30. The second-order valence-corrected chi connectivity index (χ2v) is 6.03. The number of allylic oxidation sites excluding steroid dienone is 1. The molecule has 1 aromatic carbocycles. The fourth-order valence-corrected chi connectivity index (χ4v) is 2.16. The Balaban J connectivity index is 2.03. The van der Waals surface area contributed by atoms with Gasteiger partial charge in [0.05, 0.1) is 12.3 Å². The Bertz CT molecular complexity index is 612. The highest BCUT2D eigenvalue weighted by molar-refractivity contribution is 5.81. The highest BCUT2D eigenvalue weighted by atomic mass is 16.8. The first kappa shape index (κ1) is 19.0. The SMILES string of the molecule is C=C1CCC(=O)N1OC(=O)O[C@H](COC(C)(C)OC)c1ccccc1. The third-order valence-electron chi connectivity index (χ3n) is 3.79. The summed E-state index contributed by atoms with van der Waals surface area (Å²) in [5, 5.41) is 0.879. The molecule has 136 valence electrons. The first-order valence-electron chi connectivity index (χ1n) is 7.96. The number of benzene rings is 1. The highest BCUT2D eigenvalue weighted by Gasteiger charge is 2.30. The maximum absolute atomic E-state index is 12.1. The minimum absolute atomic E-state index is 0.0643. The lowest BCUT2D eigenvalue weighted by atomic mass is 10.1. The summed E-state index contributed by atoms with van der Waals surface area (Å²) in [7, 11) is 1.53. The van der Waals surface area contributed by atoms with Crippen molar-refractivity contribution in [3.05, 3.63) is 48.2 Å². The van der Waals surface area contributed by atoms with E-state index in [4.69, 9.17) is 19.0 Å². The van der Waals surface area contributed by atoms with Crippen molar-refractivity contribution in [1.82, 2.24) is 5.06 Å². The van der Waals surface area contributed by atoms with Gasteiger partial charge in [0.2, 0.25) is 0 Å². The molecule has 7 heteroatoms. The van der Waals surface area contributed by atoms with E-state index in [1.165, 1.54) is 7.11 Å². The number of nitrogens with zero attached hydrogens (tertiary/aromatic N) is 1. The topological polar surface area (TPSA) is 74.3 Å². The average molecular weight is 349 g/mol. The van der Waals surface area contributed by atoms with Crippen LogP contribution >= 0.6 is 0 Å². The van der Waals surface area contributed by atoms with Crippen LogP contribution in [-0.4, -0.2) is 36.6 Å². The van der Waals surface area contributed by atoms with Crippen molar-refractivity contribution < 1.29 is 28.6 Å². The van der Waals surface area contributed by atoms with Crippen LogP contribution in [0.15, 0.2) is 42.6 Å². The number of methoxy groups -OCH3 is 1. The van der Waals surface area contributed by atoms with E-state index in [0.717, 1.165) is 10.6 Å². The van der Waals surface area contributed by atoms with Crippen molar-refractivity contribution >= 4 is 12.1 Å². The van der Waals surface area contributed by atoms with Crippen LogP contribution in [0.2, 0.25) is 0 Å². The zero-order valence-electron chi connectivity index (χ0n) is 14.7. The molecule has 0 unspecified atom stereocenters. The number of hydrogen-bond acceptors (Lipinski definition) is 6. The molecule has 1 aliphatic rings. The van der Waals surface area contributed by atoms with Crippen molar-refractivity contribution in [2.75, 3.05) is 13.7 Å². The number of rotatable bonds is 7. The van der Waals surface area contributed by atoms with Gasteiger partial charge in [-0.15, -0.1) is 5.06 Å². The Hall–Kier alpha value is -2.38. The minimum atomic E-state index is -0.996. The van der Waals surface area contributed by atoms with Gasteiger partial charge in [-0.05, 0) is 25.8 Å². The normalized spacial score (nSPS) is 16.0. The number of hydroxylamine groups is 2. The Morgan fingerprint density at radius 2 is 1.96 bits per heavy atom. The summed E-state index contributed by atoms with van der Waals surface area (Å²) in [5.41, 5.74) is 1.16. The number of ether oxygens (including phenoxy) is 3. The van der Waals surface area contributed by atoms with Gasteiger partial charge in [-0.25, -0.2) is 4.79 Å². The van der Waals surface area contributed by atoms with Crippen molar-refractivity contribution in [1.29, 1.82) is 0 Å². The molecule has 0 saturated carbocycles. The zero-order valence-corrected chi connectivity index (χ0v) is 14.7. The lowest BCUT2D eigenvalue weighted by Gasteiger charge is -2.27. The van der Waals surface area contributed by atoms with Gasteiger partial charge in [-0.2, -0.15) is 0 Å². The van der Waals surface area contributed by atoms with Gasteiger partial charge in [0.25, 0.3) is 5.91 Å². The Labute approximate surface area is 147 Å². The summed E-state index contributed by atoms with van der Waals surface area (Å²) >= 11 is 0. The summed E-state index contributed by atoms with van der Waals surface area (Å²) in [6.45, 7) is 7.25. The highest BCUT2D eigenvalue weighted by Crippen LogP contribution is 2.24. The lowest BCUT2D eigenvalue weighted by molar-refractivity contribution is -0.213. The molecular formula is C18H23NO6. The molecule has 1 fully saturated rings. The molecular weight excluding hydrogens is 326 g/mol. The van der Waals surface area contributed by atoms with Crippen LogP contribution in [0.4, 0.5) is 4.79 Å². The molecule has 2 rings (SSSR count). The fourth-order valence-electron chi connectivity index (χ4n) is 2.16. The summed E-state index contributed by atoms with van der Waals surface area (Å²) < 4.78 is 16.2. The first-order chi connectivity index (χ1) is 11.8. The fraction of sp³-hybridized carbons (Fsp3) is 0.444. The number of amides is 1. The van der Waals surface area contributed by atoms with Crippen LogP contribution in [-0.2, 0) is 23.8 Å². The molecule has 7 nitrogen and oxygen atoms in total. The first-order valence-corrected chi connectivity index (χ1v) is 7.96. The predicted octanol–water partition coefficient (Wildman–Crippen LogP) is 3.33. The summed E-state index contributed by atoms with van der Waals surface area (Å²) in [6, 6.07) is 9.11. The number of hydrogen-bond donors (Lipinski definition) is 0. The van der Waals surface area contributed by atoms with Gasteiger partial charge in [0.1, 0.15) is 0 Å². The largest absolute Gasteiger partial charge is 0.534 e. The lowest BCUT2D eigenvalue weighted by Crippen LogP contribution is -2.32. The van der Waals surface area contributed by atoms with E-state index in [1.807, 2.05) is 18.2 Å². The predicted molar refractivity (Wildman–Crippen MR) is 89.0 cm³/mol. The maximum Gasteiger partial charge on any atom is 0.534 e. The molecule has 0 N–H and O–H groups in total. The average Bonchev–Trinajstić information content (AvgIpc) is 2.91. The van der Waals surface area contributed by atoms with Gasteiger partial charge in [-0.3, -0.25) is 9.63 Å². The molecule has 0 spiro atoms. The second kappa shape index (κ2) is 8.13. The van der Waals surface area contributed by atoms with Crippen LogP contribution in [0.3, 0.4) is 0 Å². The third-order valence-corrected chi connectivity index (χ3v) is 3.79. The van der Waals surface area contributed by atoms with E-state index in [-0.39, 0.29) is 18.9 Å². The number of carbonyl (C=O) groups excluding carboxylic acids is 2. The van der Waals surface area contributed by atoms with Crippen LogP contribution < -0.4 is 0 Å². The summed E-state index contributed by atoms with van der Waals surface area (Å²) in [6.07, 6.45) is -0.989. The number of carbonyl (C=O) groups is 2. The molecule has 1 saturated heterocycles. The van der Waals surface area contributed by atoms with Gasteiger partial charge in [0.15, 0.2) is 11.9 Å². The van der Waals surface area contributed by atoms with E-state index in [9.17, 15) is 9.59 Å². The molecule has 1 aliphatic heterocycles. The maximum atomic E-state index is 12.1. The minimum Gasteiger partial charge on any atom is -0.422 e. The zero-order chi connectivity index (χ0) is 18.4. The molecule has 1 amide bonds. The van der Waals surface area contributed by atoms with Gasteiger partial charge in [-0.1, -0.05) is 36.9 Å². The molecule has 25 heavy (non-hydrogen) atoms. The van der Waals surface area contributed by atoms with Crippen molar-refractivity contribution in [2.24, 2.45) is 0 Å². The van der Waals surface area contributed by atoms with E-state index in [0.29, 0.717) is 12.1 Å². The van der Waals surface area contributed by atoms with Crippen molar-refractivity contribution in [3.8, 4) is 0 Å². The van der Waals surface area contributed by atoms with Crippen LogP contribution in [0, 0.1) is 0 Å².